The first kappa shape index (κ1) is 17.0. The average Bonchev–Trinajstić information content (AvgIpc) is 2.90. The van der Waals surface area contributed by atoms with Gasteiger partial charge in [0.15, 0.2) is 0 Å². The zero-order valence-electron chi connectivity index (χ0n) is 15.0. The number of para-hydroxylation sites is 1. The predicted octanol–water partition coefficient (Wildman–Crippen LogP) is 4.12. The van der Waals surface area contributed by atoms with Gasteiger partial charge in [-0.15, -0.1) is 0 Å². The number of methoxy groups -OCH3 is 1. The Balaban J connectivity index is 1.80. The number of carbonyl (C=O) groups is 1. The van der Waals surface area contributed by atoms with E-state index >= 15 is 0 Å². The molecule has 2 aromatic carbocycles. The largest absolute Gasteiger partial charge is 0.496 e. The molecule has 0 aliphatic carbocycles. The highest BCUT2D eigenvalue weighted by Crippen LogP contribution is 2.24. The summed E-state index contributed by atoms with van der Waals surface area (Å²) in [5, 5.41) is 2.95. The predicted molar refractivity (Wildman–Crippen MR) is 100 cm³/mol. The molecule has 0 bridgehead atoms. The van der Waals surface area contributed by atoms with Crippen LogP contribution in [0.4, 0.5) is 5.69 Å². The van der Waals surface area contributed by atoms with Gasteiger partial charge in [0.2, 0.25) is 5.91 Å². The molecule has 3 aromatic rings. The molecule has 1 aromatic heterocycles. The van der Waals surface area contributed by atoms with E-state index in [4.69, 9.17) is 4.74 Å². The summed E-state index contributed by atoms with van der Waals surface area (Å²) < 4.78 is 7.49. The molecule has 130 valence electrons. The van der Waals surface area contributed by atoms with Gasteiger partial charge in [-0.2, -0.15) is 0 Å². The molecule has 0 radical (unpaired) electrons. The maximum absolute atomic E-state index is 12.4. The van der Waals surface area contributed by atoms with Gasteiger partial charge in [0, 0.05) is 17.3 Å². The summed E-state index contributed by atoms with van der Waals surface area (Å²) in [6, 6.07) is 13.7. The fourth-order valence-electron chi connectivity index (χ4n) is 3.18. The molecule has 0 saturated heterocycles. The quantitative estimate of drug-likeness (QED) is 0.762. The lowest BCUT2D eigenvalue weighted by Crippen LogP contribution is -2.14. The minimum atomic E-state index is -0.0798. The normalized spacial score (nSPS) is 11.1. The van der Waals surface area contributed by atoms with Gasteiger partial charge in [0.1, 0.15) is 11.6 Å². The third-order valence-corrected chi connectivity index (χ3v) is 4.21. The highest BCUT2D eigenvalue weighted by atomic mass is 16.5. The maximum Gasteiger partial charge on any atom is 0.228 e. The molecule has 0 atom stereocenters. The van der Waals surface area contributed by atoms with Crippen LogP contribution in [0.1, 0.15) is 31.3 Å². The smallest absolute Gasteiger partial charge is 0.228 e. The van der Waals surface area contributed by atoms with Gasteiger partial charge in [0.25, 0.3) is 0 Å². The third kappa shape index (κ3) is 3.50. The van der Waals surface area contributed by atoms with Crippen LogP contribution in [-0.2, 0) is 11.2 Å². The number of amides is 1. The molecule has 0 aliphatic rings. The maximum atomic E-state index is 12.4. The summed E-state index contributed by atoms with van der Waals surface area (Å²) >= 11 is 0. The Kier molecular flexibility index (Phi) is 4.74. The number of aryl methyl sites for hydroxylation is 1. The highest BCUT2D eigenvalue weighted by molar-refractivity contribution is 5.94. The van der Waals surface area contributed by atoms with Crippen molar-refractivity contribution in [2.75, 3.05) is 12.4 Å². The Morgan fingerprint density at radius 3 is 2.72 bits per heavy atom. The summed E-state index contributed by atoms with van der Waals surface area (Å²) in [5.74, 6) is 1.62. The highest BCUT2D eigenvalue weighted by Gasteiger charge is 2.12. The Morgan fingerprint density at radius 2 is 2.00 bits per heavy atom. The van der Waals surface area contributed by atoms with Gasteiger partial charge in [-0.3, -0.25) is 4.79 Å². The van der Waals surface area contributed by atoms with Crippen LogP contribution in [0.3, 0.4) is 0 Å². The summed E-state index contributed by atoms with van der Waals surface area (Å²) in [7, 11) is 1.61. The second-order valence-electron chi connectivity index (χ2n) is 6.36. The molecular weight excluding hydrogens is 314 g/mol. The van der Waals surface area contributed by atoms with E-state index in [9.17, 15) is 4.79 Å². The van der Waals surface area contributed by atoms with Crippen molar-refractivity contribution in [1.29, 1.82) is 0 Å². The number of fused-ring (bicyclic) bond motifs is 1. The van der Waals surface area contributed by atoms with E-state index in [1.54, 1.807) is 7.11 Å². The number of nitrogens with zero attached hydrogens (tertiary/aromatic N) is 2. The summed E-state index contributed by atoms with van der Waals surface area (Å²) in [4.78, 5) is 17.0. The number of ether oxygens (including phenoxy) is 1. The van der Waals surface area contributed by atoms with E-state index in [1.165, 1.54) is 0 Å². The van der Waals surface area contributed by atoms with Gasteiger partial charge in [-0.1, -0.05) is 18.2 Å². The Morgan fingerprint density at radius 1 is 1.24 bits per heavy atom. The average molecular weight is 337 g/mol. The minimum absolute atomic E-state index is 0.0798. The molecule has 0 spiro atoms. The van der Waals surface area contributed by atoms with Gasteiger partial charge in [-0.25, -0.2) is 4.98 Å². The number of hydrogen-bond acceptors (Lipinski definition) is 3. The number of hydrogen-bond donors (Lipinski definition) is 1. The first-order chi connectivity index (χ1) is 12.0. The van der Waals surface area contributed by atoms with Crippen molar-refractivity contribution in [1.82, 2.24) is 9.55 Å². The molecule has 0 saturated carbocycles. The van der Waals surface area contributed by atoms with Crippen molar-refractivity contribution >= 4 is 22.6 Å². The molecule has 0 aliphatic heterocycles. The molecule has 1 amide bonds. The van der Waals surface area contributed by atoms with Crippen LogP contribution in [0.5, 0.6) is 5.75 Å². The third-order valence-electron chi connectivity index (χ3n) is 4.21. The number of imidazole rings is 1. The first-order valence-corrected chi connectivity index (χ1v) is 8.40. The molecule has 1 N–H and O–H groups in total. The number of carbonyl (C=O) groups excluding carboxylic acids is 1. The number of anilines is 1. The number of aromatic nitrogens is 2. The summed E-state index contributed by atoms with van der Waals surface area (Å²) in [6.07, 6.45) is 0.265. The Bertz CT molecular complexity index is 912. The van der Waals surface area contributed by atoms with Crippen LogP contribution >= 0.6 is 0 Å². The first-order valence-electron chi connectivity index (χ1n) is 8.40. The van der Waals surface area contributed by atoms with E-state index in [0.29, 0.717) is 6.04 Å². The summed E-state index contributed by atoms with van der Waals surface area (Å²) in [6.45, 7) is 6.27. The SMILES string of the molecule is COc1ccccc1CC(=O)Nc1ccc2c(c1)nc(C)n2C(C)C. The topological polar surface area (TPSA) is 56.1 Å². The van der Waals surface area contributed by atoms with E-state index in [-0.39, 0.29) is 12.3 Å². The second kappa shape index (κ2) is 6.97. The fourth-order valence-corrected chi connectivity index (χ4v) is 3.18. The van der Waals surface area contributed by atoms with Crippen LogP contribution in [0.2, 0.25) is 0 Å². The Hall–Kier alpha value is -2.82. The van der Waals surface area contributed by atoms with Gasteiger partial charge in [0.05, 0.1) is 24.6 Å². The second-order valence-corrected chi connectivity index (χ2v) is 6.36. The van der Waals surface area contributed by atoms with Crippen LogP contribution < -0.4 is 10.1 Å². The lowest BCUT2D eigenvalue weighted by atomic mass is 10.1. The molecule has 25 heavy (non-hydrogen) atoms. The van der Waals surface area contributed by atoms with Gasteiger partial charge < -0.3 is 14.6 Å². The van der Waals surface area contributed by atoms with Gasteiger partial charge in [-0.05, 0) is 45.0 Å². The van der Waals surface area contributed by atoms with Crippen molar-refractivity contribution < 1.29 is 9.53 Å². The zero-order chi connectivity index (χ0) is 18.0. The van der Waals surface area contributed by atoms with Crippen molar-refractivity contribution in [3.05, 3.63) is 53.9 Å². The molecule has 5 nitrogen and oxygen atoms in total. The van der Waals surface area contributed by atoms with Crippen molar-refractivity contribution in [2.45, 2.75) is 33.2 Å². The van der Waals surface area contributed by atoms with E-state index < -0.39 is 0 Å². The molecular formula is C20H23N3O2. The van der Waals surface area contributed by atoms with Crippen LogP contribution in [0, 0.1) is 6.92 Å². The monoisotopic (exact) mass is 337 g/mol. The molecule has 5 heteroatoms. The molecule has 1 heterocycles. The zero-order valence-corrected chi connectivity index (χ0v) is 15.0. The lowest BCUT2D eigenvalue weighted by Gasteiger charge is -2.11. The van der Waals surface area contributed by atoms with E-state index in [0.717, 1.165) is 33.9 Å². The standard InChI is InChI=1S/C20H23N3O2/c1-13(2)23-14(3)21-17-12-16(9-10-18(17)23)22-20(24)11-15-7-5-6-8-19(15)25-4/h5-10,12-13H,11H2,1-4H3,(H,22,24). The van der Waals surface area contributed by atoms with Crippen LogP contribution in [0.15, 0.2) is 42.5 Å². The molecule has 3 rings (SSSR count). The fraction of sp³-hybridized carbons (Fsp3) is 0.300. The van der Waals surface area contributed by atoms with Crippen molar-refractivity contribution in [3.8, 4) is 5.75 Å². The van der Waals surface area contributed by atoms with Crippen LogP contribution in [-0.4, -0.2) is 22.6 Å². The van der Waals surface area contributed by atoms with Crippen LogP contribution in [0.25, 0.3) is 11.0 Å². The van der Waals surface area contributed by atoms with E-state index in [2.05, 4.69) is 28.7 Å². The molecule has 0 fully saturated rings. The summed E-state index contributed by atoms with van der Waals surface area (Å²) in [5.41, 5.74) is 3.58. The van der Waals surface area contributed by atoms with Gasteiger partial charge >= 0.3 is 0 Å². The number of rotatable bonds is 5. The number of benzene rings is 2. The van der Waals surface area contributed by atoms with Crippen molar-refractivity contribution in [2.24, 2.45) is 0 Å². The number of nitrogens with one attached hydrogen (secondary N) is 1. The van der Waals surface area contributed by atoms with Crippen molar-refractivity contribution in [3.63, 3.8) is 0 Å². The molecule has 0 unspecified atom stereocenters. The Labute approximate surface area is 147 Å². The minimum Gasteiger partial charge on any atom is -0.496 e. The van der Waals surface area contributed by atoms with E-state index in [1.807, 2.05) is 49.4 Å². The lowest BCUT2D eigenvalue weighted by molar-refractivity contribution is -0.115.